The number of urea groups is 1. The van der Waals surface area contributed by atoms with Crippen molar-refractivity contribution in [1.82, 2.24) is 10.6 Å². The number of esters is 1. The van der Waals surface area contributed by atoms with Crippen LogP contribution in [-0.2, 0) is 9.53 Å². The van der Waals surface area contributed by atoms with Gasteiger partial charge in [0, 0.05) is 5.70 Å². The molecule has 148 valence electrons. The van der Waals surface area contributed by atoms with Gasteiger partial charge in [-0.15, -0.1) is 0 Å². The quantitative estimate of drug-likeness (QED) is 0.736. The van der Waals surface area contributed by atoms with Crippen LogP contribution >= 0.6 is 0 Å². The number of amides is 2. The van der Waals surface area contributed by atoms with E-state index in [1.807, 2.05) is 58.9 Å². The molecule has 1 aliphatic heterocycles. The third-order valence-electron chi connectivity index (χ3n) is 4.68. The van der Waals surface area contributed by atoms with Crippen molar-refractivity contribution < 1.29 is 19.1 Å². The molecular weight excluding hydrogens is 344 g/mol. The molecule has 0 radical (unpaired) electrons. The number of hydrogen-bond acceptors (Lipinski definition) is 4. The summed E-state index contributed by atoms with van der Waals surface area (Å²) in [6.07, 6.45) is 0.657. The number of rotatable bonds is 6. The number of carbonyl (C=O) groups is 2. The SMILES string of the molecule is CCCOc1ccc([C@@H]2NC(=O)NC(C)=C2C(=O)O[C@@H](C)C(C)(C)C)cc1. The monoisotopic (exact) mass is 374 g/mol. The topological polar surface area (TPSA) is 76.7 Å². The lowest BCUT2D eigenvalue weighted by atomic mass is 9.90. The van der Waals surface area contributed by atoms with Crippen LogP contribution in [0.15, 0.2) is 35.5 Å². The predicted molar refractivity (Wildman–Crippen MR) is 104 cm³/mol. The van der Waals surface area contributed by atoms with E-state index in [0.717, 1.165) is 17.7 Å². The van der Waals surface area contributed by atoms with Crippen molar-refractivity contribution in [3.05, 3.63) is 41.1 Å². The second-order valence-corrected chi connectivity index (χ2v) is 7.90. The smallest absolute Gasteiger partial charge is 0.338 e. The van der Waals surface area contributed by atoms with Crippen LogP contribution < -0.4 is 15.4 Å². The van der Waals surface area contributed by atoms with E-state index >= 15 is 0 Å². The molecule has 0 spiro atoms. The average molecular weight is 374 g/mol. The first-order valence-electron chi connectivity index (χ1n) is 9.35. The zero-order valence-corrected chi connectivity index (χ0v) is 17.0. The largest absolute Gasteiger partial charge is 0.494 e. The highest BCUT2D eigenvalue weighted by Crippen LogP contribution is 2.31. The van der Waals surface area contributed by atoms with Crippen LogP contribution in [0.4, 0.5) is 4.79 Å². The van der Waals surface area contributed by atoms with Crippen LogP contribution in [0.25, 0.3) is 0 Å². The fourth-order valence-corrected chi connectivity index (χ4v) is 2.59. The zero-order valence-electron chi connectivity index (χ0n) is 17.0. The molecule has 0 fully saturated rings. The van der Waals surface area contributed by atoms with Crippen molar-refractivity contribution in [2.45, 2.75) is 60.1 Å². The molecule has 0 bridgehead atoms. The second-order valence-electron chi connectivity index (χ2n) is 7.90. The normalized spacial score (nSPS) is 18.4. The fraction of sp³-hybridized carbons (Fsp3) is 0.524. The molecular formula is C21H30N2O4. The van der Waals surface area contributed by atoms with Crippen LogP contribution in [0, 0.1) is 5.41 Å². The minimum absolute atomic E-state index is 0.177. The van der Waals surface area contributed by atoms with Gasteiger partial charge >= 0.3 is 12.0 Å². The van der Waals surface area contributed by atoms with E-state index in [2.05, 4.69) is 10.6 Å². The highest BCUT2D eigenvalue weighted by Gasteiger charge is 2.34. The molecule has 1 aromatic rings. The van der Waals surface area contributed by atoms with Crippen LogP contribution in [0.2, 0.25) is 0 Å². The average Bonchev–Trinajstić information content (AvgIpc) is 2.58. The van der Waals surface area contributed by atoms with Crippen molar-refractivity contribution >= 4 is 12.0 Å². The van der Waals surface area contributed by atoms with Gasteiger partial charge in [0.2, 0.25) is 0 Å². The summed E-state index contributed by atoms with van der Waals surface area (Å²) in [5.41, 5.74) is 1.53. The third kappa shape index (κ3) is 5.25. The van der Waals surface area contributed by atoms with Gasteiger partial charge < -0.3 is 20.1 Å². The van der Waals surface area contributed by atoms with E-state index in [1.165, 1.54) is 0 Å². The Labute approximate surface area is 161 Å². The van der Waals surface area contributed by atoms with Crippen LogP contribution in [0.1, 0.15) is 59.6 Å². The molecule has 0 aromatic heterocycles. The summed E-state index contributed by atoms with van der Waals surface area (Å²) in [6.45, 7) is 12.3. The first-order chi connectivity index (χ1) is 12.6. The Morgan fingerprint density at radius 1 is 1.22 bits per heavy atom. The van der Waals surface area contributed by atoms with Gasteiger partial charge in [-0.25, -0.2) is 9.59 Å². The standard InChI is InChI=1S/C21H30N2O4/c1-7-12-26-16-10-8-15(9-11-16)18-17(13(2)22-20(25)23-18)19(24)27-14(3)21(4,5)6/h8-11,14,18H,7,12H2,1-6H3,(H2,22,23,25)/t14-,18-/m0/s1. The molecule has 2 amide bonds. The van der Waals surface area contributed by atoms with Crippen LogP contribution in [0.5, 0.6) is 5.75 Å². The van der Waals surface area contributed by atoms with Gasteiger partial charge in [-0.1, -0.05) is 39.8 Å². The minimum Gasteiger partial charge on any atom is -0.494 e. The summed E-state index contributed by atoms with van der Waals surface area (Å²) >= 11 is 0. The molecule has 6 heteroatoms. The third-order valence-corrected chi connectivity index (χ3v) is 4.68. The highest BCUT2D eigenvalue weighted by molar-refractivity contribution is 5.95. The summed E-state index contributed by atoms with van der Waals surface area (Å²) in [5.74, 6) is 0.325. The second kappa shape index (κ2) is 8.46. The van der Waals surface area contributed by atoms with E-state index in [4.69, 9.17) is 9.47 Å². The minimum atomic E-state index is -0.571. The Morgan fingerprint density at radius 3 is 2.41 bits per heavy atom. The molecule has 0 saturated heterocycles. The first-order valence-corrected chi connectivity index (χ1v) is 9.35. The van der Waals surface area contributed by atoms with Gasteiger partial charge in [-0.3, -0.25) is 0 Å². The van der Waals surface area contributed by atoms with E-state index < -0.39 is 12.0 Å². The van der Waals surface area contributed by atoms with Gasteiger partial charge in [0.1, 0.15) is 11.9 Å². The van der Waals surface area contributed by atoms with Gasteiger partial charge in [0.05, 0.1) is 18.2 Å². The van der Waals surface area contributed by atoms with E-state index in [1.54, 1.807) is 6.92 Å². The van der Waals surface area contributed by atoms with Gasteiger partial charge in [-0.2, -0.15) is 0 Å². The van der Waals surface area contributed by atoms with Gasteiger partial charge in [-0.05, 0) is 43.4 Å². The lowest BCUT2D eigenvalue weighted by molar-refractivity contribution is -0.149. The highest BCUT2D eigenvalue weighted by atomic mass is 16.5. The predicted octanol–water partition coefficient (Wildman–Crippen LogP) is 4.08. The Balaban J connectivity index is 2.28. The van der Waals surface area contributed by atoms with Crippen molar-refractivity contribution in [1.29, 1.82) is 0 Å². The molecule has 27 heavy (non-hydrogen) atoms. The molecule has 2 rings (SSSR count). The molecule has 0 saturated carbocycles. The molecule has 2 N–H and O–H groups in total. The lowest BCUT2D eigenvalue weighted by Crippen LogP contribution is -2.46. The lowest BCUT2D eigenvalue weighted by Gasteiger charge is -2.31. The van der Waals surface area contributed by atoms with Crippen LogP contribution in [-0.4, -0.2) is 24.7 Å². The number of ether oxygens (including phenoxy) is 2. The fourth-order valence-electron chi connectivity index (χ4n) is 2.59. The molecule has 0 unspecified atom stereocenters. The van der Waals surface area contributed by atoms with Gasteiger partial charge in [0.15, 0.2) is 0 Å². The summed E-state index contributed by atoms with van der Waals surface area (Å²) in [5, 5.41) is 5.48. The summed E-state index contributed by atoms with van der Waals surface area (Å²) in [7, 11) is 0. The number of nitrogens with one attached hydrogen (secondary N) is 2. The van der Waals surface area contributed by atoms with Gasteiger partial charge in [0.25, 0.3) is 0 Å². The van der Waals surface area contributed by atoms with Crippen molar-refractivity contribution in [2.24, 2.45) is 5.41 Å². The maximum atomic E-state index is 12.9. The molecule has 1 heterocycles. The van der Waals surface area contributed by atoms with Crippen LogP contribution in [0.3, 0.4) is 0 Å². The molecule has 0 aliphatic carbocycles. The first kappa shape index (κ1) is 20.8. The molecule has 1 aromatic carbocycles. The molecule has 1 aliphatic rings. The van der Waals surface area contributed by atoms with E-state index in [-0.39, 0.29) is 17.6 Å². The Bertz CT molecular complexity index is 717. The van der Waals surface area contributed by atoms with Crippen molar-refractivity contribution in [3.63, 3.8) is 0 Å². The van der Waals surface area contributed by atoms with E-state index in [0.29, 0.717) is 17.9 Å². The molecule has 2 atom stereocenters. The maximum absolute atomic E-state index is 12.9. The number of allylic oxidation sites excluding steroid dienone is 1. The zero-order chi connectivity index (χ0) is 20.2. The summed E-state index contributed by atoms with van der Waals surface area (Å²) in [4.78, 5) is 24.9. The number of benzene rings is 1. The Morgan fingerprint density at radius 2 is 1.85 bits per heavy atom. The molecule has 6 nitrogen and oxygen atoms in total. The Kier molecular flexibility index (Phi) is 6.52. The van der Waals surface area contributed by atoms with Crippen molar-refractivity contribution in [2.75, 3.05) is 6.61 Å². The maximum Gasteiger partial charge on any atom is 0.338 e. The summed E-state index contributed by atoms with van der Waals surface area (Å²) < 4.78 is 11.3. The van der Waals surface area contributed by atoms with Crippen molar-refractivity contribution in [3.8, 4) is 5.75 Å². The number of carbonyl (C=O) groups excluding carboxylic acids is 2. The number of hydrogen-bond donors (Lipinski definition) is 2. The Hall–Kier alpha value is -2.50. The summed E-state index contributed by atoms with van der Waals surface area (Å²) in [6, 6.07) is 6.48. The van der Waals surface area contributed by atoms with E-state index in [9.17, 15) is 9.59 Å².